The monoisotopic (exact) mass is 1200 g/mol. The molecule has 0 spiro atoms. The third-order valence-corrected chi connectivity index (χ3v) is 20.8. The van der Waals surface area contributed by atoms with E-state index in [-0.39, 0.29) is 0 Å². The van der Waals surface area contributed by atoms with Crippen molar-refractivity contribution in [1.82, 2.24) is 19.9 Å². The van der Waals surface area contributed by atoms with Gasteiger partial charge in [-0.25, -0.2) is 0 Å². The normalized spacial score (nSPS) is 11.7. The molecule has 19 aromatic rings. The maximum atomic E-state index is 4.73. The zero-order valence-electron chi connectivity index (χ0n) is 49.6. The van der Waals surface area contributed by atoms with Gasteiger partial charge in [-0.05, 0) is 142 Å². The van der Waals surface area contributed by atoms with Gasteiger partial charge in [-0.2, -0.15) is 0 Å². The van der Waals surface area contributed by atoms with Crippen molar-refractivity contribution in [2.45, 2.75) is 0 Å². The quantitative estimate of drug-likeness (QED) is 0.149. The van der Waals surface area contributed by atoms with Gasteiger partial charge in [-0.1, -0.05) is 243 Å². The summed E-state index contributed by atoms with van der Waals surface area (Å²) in [6.07, 6.45) is 7.11. The van der Waals surface area contributed by atoms with Crippen LogP contribution in [0.2, 0.25) is 0 Å². The molecule has 15 aromatic carbocycles. The Labute approximate surface area is 538 Å². The van der Waals surface area contributed by atoms with Gasteiger partial charge in [0, 0.05) is 92.2 Å². The van der Waals surface area contributed by atoms with Crippen molar-refractivity contribution in [3.63, 3.8) is 0 Å². The van der Waals surface area contributed by atoms with Crippen LogP contribution in [0.1, 0.15) is 0 Å². The summed E-state index contributed by atoms with van der Waals surface area (Å²) in [6, 6.07) is 106. The molecule has 0 radical (unpaired) electrons. The Morgan fingerprint density at radius 3 is 0.967 bits per heavy atom. The molecule has 428 valence electrons. The van der Waals surface area contributed by atoms with E-state index in [1.165, 1.54) is 140 Å². The molecule has 92 heavy (non-hydrogen) atoms. The summed E-state index contributed by atoms with van der Waals surface area (Å²) in [4.78, 5) is 18.8. The molecule has 0 aliphatic carbocycles. The Morgan fingerprint density at radius 2 is 0.500 bits per heavy atom. The predicted molar refractivity (Wildman–Crippen MR) is 393 cm³/mol. The van der Waals surface area contributed by atoms with Gasteiger partial charge in [0.15, 0.2) is 0 Å². The molecule has 0 saturated carbocycles. The Bertz CT molecular complexity index is 6030. The third kappa shape index (κ3) is 9.18. The van der Waals surface area contributed by atoms with Crippen LogP contribution in [-0.2, 0) is 0 Å². The lowest BCUT2D eigenvalue weighted by molar-refractivity contribution is 1.31. The molecule has 0 unspecified atom stereocenters. The van der Waals surface area contributed by atoms with E-state index in [0.29, 0.717) is 0 Å². The molecule has 0 N–H and O–H groups in total. The summed E-state index contributed by atoms with van der Waals surface area (Å²) < 4.78 is 5.30. The van der Waals surface area contributed by atoms with Gasteiger partial charge >= 0.3 is 0 Å². The Morgan fingerprint density at radius 1 is 0.174 bits per heavy atom. The average molecular weight is 1210 g/mol. The van der Waals surface area contributed by atoms with Crippen molar-refractivity contribution in [2.75, 3.05) is 0 Å². The van der Waals surface area contributed by atoms with E-state index >= 15 is 0 Å². The molecule has 0 atom stereocenters. The fourth-order valence-electron chi connectivity index (χ4n) is 13.8. The second kappa shape index (κ2) is 22.2. The van der Waals surface area contributed by atoms with Crippen molar-refractivity contribution in [1.29, 1.82) is 0 Å². The molecule has 0 fully saturated rings. The van der Waals surface area contributed by atoms with Gasteiger partial charge in [-0.15, -0.1) is 22.7 Å². The fraction of sp³-hybridized carbons (Fsp3) is 0. The maximum absolute atomic E-state index is 4.73. The number of fused-ring (bicyclic) bond motifs is 18. The van der Waals surface area contributed by atoms with E-state index in [4.69, 9.17) is 15.0 Å². The van der Waals surface area contributed by atoms with E-state index in [2.05, 4.69) is 296 Å². The van der Waals surface area contributed by atoms with Crippen LogP contribution in [0.15, 0.2) is 316 Å². The van der Waals surface area contributed by atoms with Crippen LogP contribution in [-0.4, -0.2) is 19.9 Å². The molecule has 0 aliphatic heterocycles. The highest BCUT2D eigenvalue weighted by Gasteiger charge is 2.19. The van der Waals surface area contributed by atoms with Crippen molar-refractivity contribution in [3.8, 4) is 77.9 Å². The van der Waals surface area contributed by atoms with E-state index in [1.54, 1.807) is 24.8 Å². The lowest BCUT2D eigenvalue weighted by Crippen LogP contribution is -1.89. The number of aromatic nitrogens is 4. The second-order valence-corrected chi connectivity index (χ2v) is 25.7. The highest BCUT2D eigenvalue weighted by atomic mass is 32.1. The van der Waals surface area contributed by atoms with Gasteiger partial charge < -0.3 is 0 Å². The van der Waals surface area contributed by atoms with Gasteiger partial charge in [-0.3, -0.25) is 19.9 Å². The first-order chi connectivity index (χ1) is 45.6. The van der Waals surface area contributed by atoms with Gasteiger partial charge in [0.25, 0.3) is 0 Å². The third-order valence-electron chi connectivity index (χ3n) is 18.3. The molecule has 0 bridgehead atoms. The minimum Gasteiger partial charge on any atom is -0.252 e. The molecule has 0 amide bonds. The first-order valence-corrected chi connectivity index (χ1v) is 32.7. The van der Waals surface area contributed by atoms with Crippen LogP contribution in [0.5, 0.6) is 0 Å². The molecule has 0 saturated heterocycles. The van der Waals surface area contributed by atoms with Gasteiger partial charge in [0.05, 0.1) is 22.1 Å². The first-order valence-electron chi connectivity index (χ1n) is 31.0. The maximum Gasteiger partial charge on any atom is 0.0971 e. The summed E-state index contributed by atoms with van der Waals surface area (Å²) in [5.41, 5.74) is 21.0. The highest BCUT2D eigenvalue weighted by Crippen LogP contribution is 2.47. The Kier molecular flexibility index (Phi) is 12.9. The van der Waals surface area contributed by atoms with Crippen LogP contribution < -0.4 is 0 Å². The van der Waals surface area contributed by atoms with Crippen molar-refractivity contribution in [2.24, 2.45) is 0 Å². The van der Waals surface area contributed by atoms with E-state index < -0.39 is 0 Å². The molecule has 6 heteroatoms. The highest BCUT2D eigenvalue weighted by molar-refractivity contribution is 7.27. The van der Waals surface area contributed by atoms with Gasteiger partial charge in [0.1, 0.15) is 0 Å². The molecule has 4 heterocycles. The van der Waals surface area contributed by atoms with E-state index in [1.807, 2.05) is 22.7 Å². The summed E-state index contributed by atoms with van der Waals surface area (Å²) in [5.74, 6) is 0. The van der Waals surface area contributed by atoms with Crippen molar-refractivity contribution >= 4 is 128 Å². The molecule has 4 nitrogen and oxygen atoms in total. The van der Waals surface area contributed by atoms with Crippen LogP contribution >= 0.6 is 22.7 Å². The topological polar surface area (TPSA) is 51.6 Å². The van der Waals surface area contributed by atoms with Crippen LogP contribution in [0.25, 0.3) is 183 Å². The molecule has 19 rings (SSSR count). The number of benzene rings is 15. The van der Waals surface area contributed by atoms with Crippen molar-refractivity contribution in [3.05, 3.63) is 316 Å². The predicted octanol–water partition coefficient (Wildman–Crippen LogP) is 24.3. The Balaban J connectivity index is 0.000000137. The zero-order valence-corrected chi connectivity index (χ0v) is 51.3. The second-order valence-electron chi connectivity index (χ2n) is 23.6. The van der Waals surface area contributed by atoms with Crippen molar-refractivity contribution < 1.29 is 0 Å². The number of thiophene rings is 2. The fourth-order valence-corrected chi connectivity index (χ4v) is 16.3. The molecule has 4 aromatic heterocycles. The zero-order chi connectivity index (χ0) is 60.6. The van der Waals surface area contributed by atoms with Gasteiger partial charge in [0.2, 0.25) is 0 Å². The molecular weight excluding hydrogens is 1150 g/mol. The minimum absolute atomic E-state index is 0.944. The van der Waals surface area contributed by atoms with E-state index in [9.17, 15) is 0 Å². The summed E-state index contributed by atoms with van der Waals surface area (Å²) in [6.45, 7) is 0. The molecule has 0 aliphatic rings. The Hall–Kier alpha value is -11.5. The summed E-state index contributed by atoms with van der Waals surface area (Å²) >= 11 is 3.76. The largest absolute Gasteiger partial charge is 0.252 e. The number of rotatable bonds is 7. The number of hydrogen-bond acceptors (Lipinski definition) is 6. The standard InChI is InChI=1S/C46H28N2S.C40H24N2S/c1-3-10-31(11-4-1)35-16-9-17-39-42-28-34(27-40(46(42)49-45(35)39)32-12-5-2-6-13-32)30-20-18-29(19-21-30)33-22-23-38-41(26-33)36-14-7-8-15-37(36)43-44(38)48-25-24-47-43;1-2-6-25(7-3-1)29-15-18-37-35(23-29)36-24-30(16-19-38(36)43-37)27-12-10-26(11-13-27)28-14-17-33-34(22-28)31-8-4-5-9-32(31)39-40(33)42-21-20-41-39/h1-28H;1-24H. The smallest absolute Gasteiger partial charge is 0.0971 e. The summed E-state index contributed by atoms with van der Waals surface area (Å²) in [7, 11) is 0. The van der Waals surface area contributed by atoms with Crippen LogP contribution in [0.3, 0.4) is 0 Å². The van der Waals surface area contributed by atoms with E-state index in [0.717, 1.165) is 43.6 Å². The lowest BCUT2D eigenvalue weighted by atomic mass is 9.93. The number of nitrogens with zero attached hydrogens (tertiary/aromatic N) is 4. The summed E-state index contributed by atoms with van der Waals surface area (Å²) in [5, 5.41) is 14.6. The van der Waals surface area contributed by atoms with Crippen LogP contribution in [0, 0.1) is 0 Å². The number of hydrogen-bond donors (Lipinski definition) is 0. The van der Waals surface area contributed by atoms with Crippen LogP contribution in [0.4, 0.5) is 0 Å². The lowest BCUT2D eigenvalue weighted by Gasteiger charge is -2.12. The SMILES string of the molecule is c1ccc(-c2ccc3sc4ccc(-c5ccc(-c6ccc7c(c6)c6ccccc6c6nccnc76)cc5)cc4c3c2)cc1.c1ccc(-c2cccc3c2sc2c(-c4ccccc4)cc(-c4ccc(-c5ccc6c(c5)c5ccccc5c5nccnc65)cc4)cc23)cc1. The average Bonchev–Trinajstić information content (AvgIpc) is 1.04. The minimum atomic E-state index is 0.944. The first kappa shape index (κ1) is 53.5. The molecular formula is C86H52N4S2.